The van der Waals surface area contributed by atoms with Crippen LogP contribution in [0.5, 0.6) is 5.75 Å². The molecule has 0 spiro atoms. The van der Waals surface area contributed by atoms with Gasteiger partial charge in [-0.15, -0.1) is 0 Å². The summed E-state index contributed by atoms with van der Waals surface area (Å²) in [6.07, 6.45) is 2.81. The third-order valence-electron chi connectivity index (χ3n) is 4.70. The van der Waals surface area contributed by atoms with Crippen molar-refractivity contribution in [2.45, 2.75) is 33.0 Å². The fourth-order valence-corrected chi connectivity index (χ4v) is 3.25. The number of ether oxygens (including phenoxy) is 1. The predicted molar refractivity (Wildman–Crippen MR) is 100 cm³/mol. The second-order valence-corrected chi connectivity index (χ2v) is 6.38. The Balaban J connectivity index is 1.67. The Morgan fingerprint density at radius 2 is 1.92 bits per heavy atom. The molecular weight excluding hydrogens is 308 g/mol. The standard InChI is InChI=1S/C22H22N2O/c1-2-16-6-9-22(25-15-20-5-3-4-10-24-20)21(11-16)17-7-8-18-13-23-14-19(18)12-17/h3-12,23H,2,13-15H2,1H3. The molecule has 0 radical (unpaired) electrons. The maximum Gasteiger partial charge on any atom is 0.130 e. The van der Waals surface area contributed by atoms with Crippen LogP contribution >= 0.6 is 0 Å². The van der Waals surface area contributed by atoms with Crippen LogP contribution < -0.4 is 10.1 Å². The lowest BCUT2D eigenvalue weighted by Crippen LogP contribution is -2.00. The van der Waals surface area contributed by atoms with E-state index in [2.05, 4.69) is 53.6 Å². The van der Waals surface area contributed by atoms with Gasteiger partial charge < -0.3 is 10.1 Å². The summed E-state index contributed by atoms with van der Waals surface area (Å²) in [5.74, 6) is 0.911. The molecule has 0 fully saturated rings. The van der Waals surface area contributed by atoms with E-state index in [9.17, 15) is 0 Å². The van der Waals surface area contributed by atoms with Crippen molar-refractivity contribution < 1.29 is 4.74 Å². The van der Waals surface area contributed by atoms with Crippen molar-refractivity contribution in [2.24, 2.45) is 0 Å². The number of nitrogens with one attached hydrogen (secondary N) is 1. The van der Waals surface area contributed by atoms with Crippen molar-refractivity contribution in [3.63, 3.8) is 0 Å². The van der Waals surface area contributed by atoms with Crippen molar-refractivity contribution in [2.75, 3.05) is 0 Å². The third kappa shape index (κ3) is 3.42. The minimum absolute atomic E-state index is 0.478. The van der Waals surface area contributed by atoms with Gasteiger partial charge in [-0.2, -0.15) is 0 Å². The van der Waals surface area contributed by atoms with E-state index in [-0.39, 0.29) is 0 Å². The average Bonchev–Trinajstić information content (AvgIpc) is 3.15. The molecule has 0 bridgehead atoms. The highest BCUT2D eigenvalue weighted by atomic mass is 16.5. The molecule has 1 aliphatic rings. The number of aromatic nitrogens is 1. The summed E-state index contributed by atoms with van der Waals surface area (Å²) in [6.45, 7) is 4.57. The summed E-state index contributed by atoms with van der Waals surface area (Å²) >= 11 is 0. The highest BCUT2D eigenvalue weighted by molar-refractivity contribution is 5.72. The van der Waals surface area contributed by atoms with Crippen LogP contribution in [0.2, 0.25) is 0 Å². The highest BCUT2D eigenvalue weighted by Crippen LogP contribution is 2.33. The molecule has 0 atom stereocenters. The molecule has 3 aromatic rings. The minimum Gasteiger partial charge on any atom is -0.487 e. The second-order valence-electron chi connectivity index (χ2n) is 6.38. The van der Waals surface area contributed by atoms with Crippen LogP contribution in [0.1, 0.15) is 29.3 Å². The van der Waals surface area contributed by atoms with Gasteiger partial charge in [0.2, 0.25) is 0 Å². The molecule has 3 heteroatoms. The molecule has 2 aromatic carbocycles. The highest BCUT2D eigenvalue weighted by Gasteiger charge is 2.14. The van der Waals surface area contributed by atoms with Gasteiger partial charge in [0.05, 0.1) is 5.69 Å². The molecule has 0 unspecified atom stereocenters. The molecule has 4 rings (SSSR count). The summed E-state index contributed by atoms with van der Waals surface area (Å²) in [5, 5.41) is 3.41. The quantitative estimate of drug-likeness (QED) is 0.748. The van der Waals surface area contributed by atoms with Gasteiger partial charge in [-0.05, 0) is 59.0 Å². The molecular formula is C22H22N2O. The SMILES string of the molecule is CCc1ccc(OCc2ccccn2)c(-c2ccc3c(c2)CNC3)c1. The van der Waals surface area contributed by atoms with E-state index in [0.29, 0.717) is 6.61 Å². The van der Waals surface area contributed by atoms with E-state index >= 15 is 0 Å². The maximum atomic E-state index is 6.12. The van der Waals surface area contributed by atoms with Gasteiger partial charge >= 0.3 is 0 Å². The monoisotopic (exact) mass is 330 g/mol. The normalized spacial score (nSPS) is 12.8. The first-order valence-electron chi connectivity index (χ1n) is 8.82. The van der Waals surface area contributed by atoms with Gasteiger partial charge in [0.1, 0.15) is 12.4 Å². The van der Waals surface area contributed by atoms with Gasteiger partial charge in [-0.3, -0.25) is 4.98 Å². The van der Waals surface area contributed by atoms with Crippen LogP contribution in [0.3, 0.4) is 0 Å². The zero-order valence-electron chi connectivity index (χ0n) is 14.5. The van der Waals surface area contributed by atoms with Crippen molar-refractivity contribution in [1.82, 2.24) is 10.3 Å². The van der Waals surface area contributed by atoms with E-state index in [1.807, 2.05) is 18.2 Å². The smallest absolute Gasteiger partial charge is 0.130 e. The average molecular weight is 330 g/mol. The summed E-state index contributed by atoms with van der Waals surface area (Å²) < 4.78 is 6.12. The molecule has 0 aliphatic carbocycles. The number of aryl methyl sites for hydroxylation is 1. The van der Waals surface area contributed by atoms with Gasteiger partial charge in [-0.1, -0.05) is 31.2 Å². The summed E-state index contributed by atoms with van der Waals surface area (Å²) in [6, 6.07) is 19.1. The van der Waals surface area contributed by atoms with Crippen LogP contribution in [-0.2, 0) is 26.1 Å². The number of rotatable bonds is 5. The molecule has 0 amide bonds. The van der Waals surface area contributed by atoms with Crippen LogP contribution in [0, 0.1) is 0 Å². The number of benzene rings is 2. The summed E-state index contributed by atoms with van der Waals surface area (Å²) in [5.41, 5.74) is 7.41. The van der Waals surface area contributed by atoms with Crippen molar-refractivity contribution in [3.8, 4) is 16.9 Å². The Bertz CT molecular complexity index is 874. The van der Waals surface area contributed by atoms with Crippen molar-refractivity contribution in [3.05, 3.63) is 83.2 Å². The first-order chi connectivity index (χ1) is 12.3. The molecule has 126 valence electrons. The van der Waals surface area contributed by atoms with E-state index in [1.54, 1.807) is 6.20 Å². The van der Waals surface area contributed by atoms with Crippen LogP contribution in [0.15, 0.2) is 60.8 Å². The summed E-state index contributed by atoms with van der Waals surface area (Å²) in [4.78, 5) is 4.34. The molecule has 0 saturated heterocycles. The topological polar surface area (TPSA) is 34.1 Å². The van der Waals surface area contributed by atoms with Gasteiger partial charge in [0.15, 0.2) is 0 Å². The Morgan fingerprint density at radius 3 is 2.76 bits per heavy atom. The van der Waals surface area contributed by atoms with Crippen LogP contribution in [0.25, 0.3) is 11.1 Å². The van der Waals surface area contributed by atoms with Gasteiger partial charge in [-0.25, -0.2) is 0 Å². The Morgan fingerprint density at radius 1 is 1.00 bits per heavy atom. The van der Waals surface area contributed by atoms with Gasteiger partial charge in [0, 0.05) is 24.8 Å². The minimum atomic E-state index is 0.478. The molecule has 1 aliphatic heterocycles. The molecule has 1 N–H and O–H groups in total. The fourth-order valence-electron chi connectivity index (χ4n) is 3.25. The third-order valence-corrected chi connectivity index (χ3v) is 4.70. The molecule has 1 aromatic heterocycles. The van der Waals surface area contributed by atoms with E-state index < -0.39 is 0 Å². The molecule has 2 heterocycles. The zero-order chi connectivity index (χ0) is 17.1. The van der Waals surface area contributed by atoms with E-state index in [0.717, 1.165) is 36.5 Å². The second kappa shape index (κ2) is 7.08. The lowest BCUT2D eigenvalue weighted by Gasteiger charge is -2.14. The lowest BCUT2D eigenvalue weighted by atomic mass is 9.97. The number of hydrogen-bond acceptors (Lipinski definition) is 3. The summed E-state index contributed by atoms with van der Waals surface area (Å²) in [7, 11) is 0. The number of nitrogens with zero attached hydrogens (tertiary/aromatic N) is 1. The van der Waals surface area contributed by atoms with Crippen molar-refractivity contribution >= 4 is 0 Å². The van der Waals surface area contributed by atoms with E-state index in [1.165, 1.54) is 22.3 Å². The fraction of sp³-hybridized carbons (Fsp3) is 0.227. The number of fused-ring (bicyclic) bond motifs is 1. The van der Waals surface area contributed by atoms with Gasteiger partial charge in [0.25, 0.3) is 0 Å². The Hall–Kier alpha value is -2.65. The maximum absolute atomic E-state index is 6.12. The lowest BCUT2D eigenvalue weighted by molar-refractivity contribution is 0.302. The zero-order valence-corrected chi connectivity index (χ0v) is 14.5. The van der Waals surface area contributed by atoms with Crippen LogP contribution in [-0.4, -0.2) is 4.98 Å². The van der Waals surface area contributed by atoms with E-state index in [4.69, 9.17) is 4.74 Å². The van der Waals surface area contributed by atoms with Crippen molar-refractivity contribution in [1.29, 1.82) is 0 Å². The molecule has 3 nitrogen and oxygen atoms in total. The largest absolute Gasteiger partial charge is 0.487 e. The predicted octanol–water partition coefficient (Wildman–Crippen LogP) is 4.49. The number of hydrogen-bond donors (Lipinski definition) is 1. The first-order valence-corrected chi connectivity index (χ1v) is 8.82. The number of pyridine rings is 1. The first kappa shape index (κ1) is 15.9. The van der Waals surface area contributed by atoms with Crippen LogP contribution in [0.4, 0.5) is 0 Å². The molecule has 0 saturated carbocycles. The Labute approximate surface area is 148 Å². The Kier molecular flexibility index (Phi) is 4.49. The molecule has 25 heavy (non-hydrogen) atoms.